The van der Waals surface area contributed by atoms with Gasteiger partial charge in [-0.3, -0.25) is 4.79 Å². The third-order valence-corrected chi connectivity index (χ3v) is 1.97. The molecule has 0 aliphatic rings. The van der Waals surface area contributed by atoms with Crippen molar-refractivity contribution < 1.29 is 19.4 Å². The average molecular weight is 213 g/mol. The van der Waals surface area contributed by atoms with Gasteiger partial charge in [-0.1, -0.05) is 0 Å². The molecule has 0 unspecified atom stereocenters. The summed E-state index contributed by atoms with van der Waals surface area (Å²) in [5.41, 5.74) is -0.106. The van der Waals surface area contributed by atoms with Gasteiger partial charge in [-0.15, -0.1) is 0 Å². The Morgan fingerprint density at radius 3 is 2.80 bits per heavy atom. The van der Waals surface area contributed by atoms with E-state index in [9.17, 15) is 14.3 Å². The molecule has 0 aliphatic heterocycles. The van der Waals surface area contributed by atoms with Crippen molar-refractivity contribution in [3.05, 3.63) is 29.6 Å². The lowest BCUT2D eigenvalue weighted by atomic mass is 10.1. The van der Waals surface area contributed by atoms with Crippen molar-refractivity contribution >= 4 is 5.91 Å². The Kier molecular flexibility index (Phi) is 3.62. The van der Waals surface area contributed by atoms with Gasteiger partial charge < -0.3 is 15.1 Å². The average Bonchev–Trinajstić information content (AvgIpc) is 2.21. The van der Waals surface area contributed by atoms with E-state index in [0.29, 0.717) is 0 Å². The molecule has 1 aromatic carbocycles. The van der Waals surface area contributed by atoms with Gasteiger partial charge in [-0.2, -0.15) is 0 Å². The van der Waals surface area contributed by atoms with Gasteiger partial charge in [0.25, 0.3) is 5.91 Å². The first-order valence-corrected chi connectivity index (χ1v) is 4.41. The van der Waals surface area contributed by atoms with Crippen molar-refractivity contribution in [2.75, 3.05) is 20.2 Å². The maximum Gasteiger partial charge on any atom is 0.257 e. The fraction of sp³-hybridized carbons (Fsp3) is 0.300. The van der Waals surface area contributed by atoms with E-state index >= 15 is 0 Å². The van der Waals surface area contributed by atoms with Gasteiger partial charge in [0.15, 0.2) is 0 Å². The van der Waals surface area contributed by atoms with Crippen LogP contribution in [0.15, 0.2) is 18.2 Å². The summed E-state index contributed by atoms with van der Waals surface area (Å²) in [4.78, 5) is 12.8. The van der Waals surface area contributed by atoms with Crippen LogP contribution in [0.25, 0.3) is 0 Å². The molecule has 2 N–H and O–H groups in total. The van der Waals surface area contributed by atoms with Crippen molar-refractivity contribution in [1.29, 1.82) is 0 Å². The van der Waals surface area contributed by atoms with Crippen molar-refractivity contribution in [1.82, 2.24) is 4.90 Å². The highest BCUT2D eigenvalue weighted by molar-refractivity contribution is 5.96. The number of phenols is 1. The van der Waals surface area contributed by atoms with E-state index in [4.69, 9.17) is 5.11 Å². The number of halogens is 1. The van der Waals surface area contributed by atoms with Gasteiger partial charge in [0.1, 0.15) is 11.6 Å². The zero-order valence-corrected chi connectivity index (χ0v) is 8.27. The van der Waals surface area contributed by atoms with Crippen LogP contribution in [0.2, 0.25) is 0 Å². The molecule has 0 radical (unpaired) electrons. The standard InChI is InChI=1S/C10H12FNO3/c1-12(4-5-13)10(15)8-6-7(11)2-3-9(8)14/h2-3,6,13-14H,4-5H2,1H3. The van der Waals surface area contributed by atoms with Gasteiger partial charge in [-0.25, -0.2) is 4.39 Å². The lowest BCUT2D eigenvalue weighted by Crippen LogP contribution is -2.29. The molecule has 0 aromatic heterocycles. The van der Waals surface area contributed by atoms with Crippen LogP contribution in [-0.4, -0.2) is 41.2 Å². The first-order chi connectivity index (χ1) is 7.06. The smallest absolute Gasteiger partial charge is 0.257 e. The Hall–Kier alpha value is -1.62. The number of carbonyl (C=O) groups excluding carboxylic acids is 1. The van der Waals surface area contributed by atoms with Crippen LogP contribution in [0.1, 0.15) is 10.4 Å². The Bertz CT molecular complexity index is 368. The van der Waals surface area contributed by atoms with E-state index in [1.807, 2.05) is 0 Å². The van der Waals surface area contributed by atoms with E-state index in [1.165, 1.54) is 11.9 Å². The predicted octanol–water partition coefficient (Wildman–Crippen LogP) is 0.596. The van der Waals surface area contributed by atoms with E-state index in [2.05, 4.69) is 0 Å². The minimum absolute atomic E-state index is 0.106. The molecule has 5 heteroatoms. The highest BCUT2D eigenvalue weighted by Gasteiger charge is 2.15. The minimum atomic E-state index is -0.589. The number of benzene rings is 1. The van der Waals surface area contributed by atoms with Crippen molar-refractivity contribution in [2.24, 2.45) is 0 Å². The van der Waals surface area contributed by atoms with E-state index in [0.717, 1.165) is 18.2 Å². The molecule has 1 amide bonds. The Morgan fingerprint density at radius 2 is 2.20 bits per heavy atom. The van der Waals surface area contributed by atoms with Gasteiger partial charge in [0.2, 0.25) is 0 Å². The quantitative estimate of drug-likeness (QED) is 0.772. The van der Waals surface area contributed by atoms with Crippen molar-refractivity contribution in [3.8, 4) is 5.75 Å². The molecule has 15 heavy (non-hydrogen) atoms. The normalized spacial score (nSPS) is 10.1. The largest absolute Gasteiger partial charge is 0.507 e. The SMILES string of the molecule is CN(CCO)C(=O)c1cc(F)ccc1O. The first kappa shape index (κ1) is 11.5. The van der Waals surface area contributed by atoms with E-state index in [1.54, 1.807) is 0 Å². The fourth-order valence-electron chi connectivity index (χ4n) is 1.14. The van der Waals surface area contributed by atoms with Gasteiger partial charge >= 0.3 is 0 Å². The van der Waals surface area contributed by atoms with Crippen molar-refractivity contribution in [3.63, 3.8) is 0 Å². The van der Waals surface area contributed by atoms with E-state index < -0.39 is 11.7 Å². The Morgan fingerprint density at radius 1 is 1.53 bits per heavy atom. The number of carbonyl (C=O) groups is 1. The molecule has 4 nitrogen and oxygen atoms in total. The van der Waals surface area contributed by atoms with Crippen LogP contribution in [0.5, 0.6) is 5.75 Å². The van der Waals surface area contributed by atoms with Gasteiger partial charge in [-0.05, 0) is 18.2 Å². The topological polar surface area (TPSA) is 60.8 Å². The highest BCUT2D eigenvalue weighted by Crippen LogP contribution is 2.19. The predicted molar refractivity (Wildman–Crippen MR) is 52.1 cm³/mol. The zero-order chi connectivity index (χ0) is 11.4. The van der Waals surface area contributed by atoms with Gasteiger partial charge in [0.05, 0.1) is 12.2 Å². The summed E-state index contributed by atoms with van der Waals surface area (Å²) in [5.74, 6) is -1.39. The third kappa shape index (κ3) is 2.66. The number of hydrogen-bond donors (Lipinski definition) is 2. The maximum absolute atomic E-state index is 12.8. The molecule has 0 saturated heterocycles. The van der Waals surface area contributed by atoms with Crippen LogP contribution >= 0.6 is 0 Å². The molecule has 0 atom stereocenters. The number of phenolic OH excluding ortho intramolecular Hbond substituents is 1. The number of aliphatic hydroxyl groups excluding tert-OH is 1. The van der Waals surface area contributed by atoms with Crippen LogP contribution in [0, 0.1) is 5.82 Å². The summed E-state index contributed by atoms with van der Waals surface area (Å²) in [6.45, 7) is -0.0485. The molecule has 0 heterocycles. The lowest BCUT2D eigenvalue weighted by molar-refractivity contribution is 0.0763. The Labute approximate surface area is 86.6 Å². The second-order valence-electron chi connectivity index (χ2n) is 3.11. The number of aliphatic hydroxyl groups is 1. The molecular formula is C10H12FNO3. The number of aromatic hydroxyl groups is 1. The summed E-state index contributed by atoms with van der Waals surface area (Å²) in [6.07, 6.45) is 0. The molecule has 1 rings (SSSR count). The number of amides is 1. The van der Waals surface area contributed by atoms with Gasteiger partial charge in [0, 0.05) is 13.6 Å². The van der Waals surface area contributed by atoms with Crippen molar-refractivity contribution in [2.45, 2.75) is 0 Å². The molecule has 0 spiro atoms. The molecule has 0 saturated carbocycles. The first-order valence-electron chi connectivity index (χ1n) is 4.41. The maximum atomic E-state index is 12.8. The zero-order valence-electron chi connectivity index (χ0n) is 8.27. The van der Waals surface area contributed by atoms with E-state index in [-0.39, 0.29) is 24.5 Å². The van der Waals surface area contributed by atoms with Crippen LogP contribution in [-0.2, 0) is 0 Å². The Balaban J connectivity index is 2.95. The molecule has 0 aliphatic carbocycles. The second kappa shape index (κ2) is 4.75. The highest BCUT2D eigenvalue weighted by atomic mass is 19.1. The lowest BCUT2D eigenvalue weighted by Gasteiger charge is -2.16. The summed E-state index contributed by atoms with van der Waals surface area (Å²) in [6, 6.07) is 3.15. The summed E-state index contributed by atoms with van der Waals surface area (Å²) in [5, 5.41) is 18.0. The second-order valence-corrected chi connectivity index (χ2v) is 3.11. The third-order valence-electron chi connectivity index (χ3n) is 1.97. The van der Waals surface area contributed by atoms with Crippen LogP contribution in [0.4, 0.5) is 4.39 Å². The van der Waals surface area contributed by atoms with Crippen LogP contribution in [0.3, 0.4) is 0 Å². The molecule has 1 aromatic rings. The fourth-order valence-corrected chi connectivity index (χ4v) is 1.14. The number of nitrogens with zero attached hydrogens (tertiary/aromatic N) is 1. The molecule has 0 bridgehead atoms. The molecular weight excluding hydrogens is 201 g/mol. The number of likely N-dealkylation sites (N-methyl/N-ethyl adjacent to an activating group) is 1. The molecule has 82 valence electrons. The monoisotopic (exact) mass is 213 g/mol. The molecule has 0 fully saturated rings. The number of hydrogen-bond acceptors (Lipinski definition) is 3. The minimum Gasteiger partial charge on any atom is -0.507 e. The summed E-state index contributed by atoms with van der Waals surface area (Å²) < 4.78 is 12.8. The summed E-state index contributed by atoms with van der Waals surface area (Å²) >= 11 is 0. The van der Waals surface area contributed by atoms with Crippen LogP contribution < -0.4 is 0 Å². The summed E-state index contributed by atoms with van der Waals surface area (Å²) in [7, 11) is 1.46. The number of rotatable bonds is 3.